The number of amides is 1. The fourth-order valence-corrected chi connectivity index (χ4v) is 3.84. The van der Waals surface area contributed by atoms with E-state index in [1.54, 1.807) is 54.5 Å². The number of aromatic nitrogens is 5. The van der Waals surface area contributed by atoms with Gasteiger partial charge in [-0.15, -0.1) is 5.10 Å². The van der Waals surface area contributed by atoms with Gasteiger partial charge >= 0.3 is 0 Å². The SMILES string of the molecule is COc1cccc(NC(=O)c2nnn(-c3ccc(Br)cc3)c2CSc2ncccn2)c1. The van der Waals surface area contributed by atoms with Crippen molar-refractivity contribution < 1.29 is 9.53 Å². The van der Waals surface area contributed by atoms with E-state index in [2.05, 4.69) is 41.5 Å². The Bertz CT molecular complexity index is 1180. The van der Waals surface area contributed by atoms with Crippen molar-refractivity contribution >= 4 is 39.3 Å². The van der Waals surface area contributed by atoms with Crippen LogP contribution in [0.1, 0.15) is 16.2 Å². The minimum atomic E-state index is -0.360. The van der Waals surface area contributed by atoms with Gasteiger partial charge in [-0.05, 0) is 42.5 Å². The second-order valence-corrected chi connectivity index (χ2v) is 8.14. The number of nitrogens with one attached hydrogen (secondary N) is 1. The maximum atomic E-state index is 13.0. The molecule has 0 spiro atoms. The van der Waals surface area contributed by atoms with E-state index in [0.717, 1.165) is 10.2 Å². The largest absolute Gasteiger partial charge is 0.497 e. The fraction of sp³-hybridized carbons (Fsp3) is 0.0952. The molecule has 0 radical (unpaired) electrons. The van der Waals surface area contributed by atoms with Crippen LogP contribution in [0.5, 0.6) is 5.75 Å². The van der Waals surface area contributed by atoms with Crippen LogP contribution in [0.15, 0.2) is 76.6 Å². The molecule has 8 nitrogen and oxygen atoms in total. The molecule has 0 aliphatic carbocycles. The molecule has 2 aromatic heterocycles. The van der Waals surface area contributed by atoms with Crippen molar-refractivity contribution in [2.75, 3.05) is 12.4 Å². The molecule has 10 heteroatoms. The lowest BCUT2D eigenvalue weighted by atomic mass is 10.2. The molecule has 4 aromatic rings. The standard InChI is InChI=1S/C21H17BrN6O2S/c1-30-17-5-2-4-15(12-17)25-20(29)19-18(13-31-21-23-10-3-11-24-21)28(27-26-19)16-8-6-14(22)7-9-16/h2-12H,13H2,1H3,(H,25,29). The van der Waals surface area contributed by atoms with E-state index in [9.17, 15) is 4.79 Å². The Morgan fingerprint density at radius 1 is 1.13 bits per heavy atom. The average molecular weight is 497 g/mol. The summed E-state index contributed by atoms with van der Waals surface area (Å²) in [5.41, 5.74) is 2.27. The Kier molecular flexibility index (Phi) is 6.58. The summed E-state index contributed by atoms with van der Waals surface area (Å²) in [6.45, 7) is 0. The minimum absolute atomic E-state index is 0.231. The number of halogens is 1. The number of carbonyl (C=O) groups is 1. The monoisotopic (exact) mass is 496 g/mol. The van der Waals surface area contributed by atoms with E-state index in [0.29, 0.717) is 28.0 Å². The summed E-state index contributed by atoms with van der Waals surface area (Å²) in [7, 11) is 1.58. The smallest absolute Gasteiger partial charge is 0.278 e. The van der Waals surface area contributed by atoms with Crippen LogP contribution >= 0.6 is 27.7 Å². The lowest BCUT2D eigenvalue weighted by molar-refractivity contribution is 0.102. The average Bonchev–Trinajstić information content (AvgIpc) is 3.23. The Labute approximate surface area is 191 Å². The number of anilines is 1. The van der Waals surface area contributed by atoms with Gasteiger partial charge in [0.2, 0.25) is 0 Å². The van der Waals surface area contributed by atoms with Crippen LogP contribution in [-0.2, 0) is 5.75 Å². The zero-order valence-electron chi connectivity index (χ0n) is 16.4. The first kappa shape index (κ1) is 21.0. The molecule has 0 aliphatic rings. The van der Waals surface area contributed by atoms with Crippen molar-refractivity contribution in [1.82, 2.24) is 25.0 Å². The Morgan fingerprint density at radius 3 is 2.65 bits per heavy atom. The topological polar surface area (TPSA) is 94.8 Å². The fourth-order valence-electron chi connectivity index (χ4n) is 2.78. The van der Waals surface area contributed by atoms with Gasteiger partial charge in [-0.25, -0.2) is 14.6 Å². The normalized spacial score (nSPS) is 10.6. The van der Waals surface area contributed by atoms with Gasteiger partial charge in [-0.3, -0.25) is 4.79 Å². The third-order valence-corrected chi connectivity index (χ3v) is 5.67. The molecule has 0 unspecified atom stereocenters. The van der Waals surface area contributed by atoms with E-state index in [1.165, 1.54) is 11.8 Å². The van der Waals surface area contributed by atoms with Crippen LogP contribution in [0.2, 0.25) is 0 Å². The first-order chi connectivity index (χ1) is 15.1. The molecule has 31 heavy (non-hydrogen) atoms. The Hall–Kier alpha value is -3.24. The highest BCUT2D eigenvalue weighted by Gasteiger charge is 2.21. The minimum Gasteiger partial charge on any atom is -0.497 e. The third kappa shape index (κ3) is 5.09. The zero-order valence-corrected chi connectivity index (χ0v) is 18.8. The van der Waals surface area contributed by atoms with Crippen molar-refractivity contribution in [2.24, 2.45) is 0 Å². The number of benzene rings is 2. The van der Waals surface area contributed by atoms with Gasteiger partial charge in [-0.1, -0.05) is 39.0 Å². The third-order valence-electron chi connectivity index (χ3n) is 4.26. The zero-order chi connectivity index (χ0) is 21.6. The van der Waals surface area contributed by atoms with Crippen LogP contribution in [0.3, 0.4) is 0 Å². The first-order valence-electron chi connectivity index (χ1n) is 9.20. The van der Waals surface area contributed by atoms with E-state index in [4.69, 9.17) is 4.74 Å². The van der Waals surface area contributed by atoms with Crippen molar-refractivity contribution in [1.29, 1.82) is 0 Å². The van der Waals surface area contributed by atoms with Crippen LogP contribution in [-0.4, -0.2) is 38.0 Å². The maximum Gasteiger partial charge on any atom is 0.278 e. The number of nitrogens with zero attached hydrogens (tertiary/aromatic N) is 5. The van der Waals surface area contributed by atoms with Gasteiger partial charge in [0.05, 0.1) is 18.5 Å². The lowest BCUT2D eigenvalue weighted by Gasteiger charge is -2.09. The molecule has 0 saturated heterocycles. The van der Waals surface area contributed by atoms with Gasteiger partial charge in [0.1, 0.15) is 5.75 Å². The predicted molar refractivity (Wildman–Crippen MR) is 122 cm³/mol. The second-order valence-electron chi connectivity index (χ2n) is 6.28. The van der Waals surface area contributed by atoms with E-state index < -0.39 is 0 Å². The highest BCUT2D eigenvalue weighted by molar-refractivity contribution is 9.10. The highest BCUT2D eigenvalue weighted by Crippen LogP contribution is 2.24. The van der Waals surface area contributed by atoms with Crippen molar-refractivity contribution in [3.8, 4) is 11.4 Å². The van der Waals surface area contributed by atoms with Crippen LogP contribution in [0.25, 0.3) is 5.69 Å². The number of rotatable bonds is 7. The molecular weight excluding hydrogens is 480 g/mol. The molecule has 0 atom stereocenters. The van der Waals surface area contributed by atoms with Crippen LogP contribution in [0, 0.1) is 0 Å². The predicted octanol–water partition coefficient (Wildman–Crippen LogP) is 4.37. The lowest BCUT2D eigenvalue weighted by Crippen LogP contribution is -2.15. The first-order valence-corrected chi connectivity index (χ1v) is 11.0. The molecule has 1 amide bonds. The summed E-state index contributed by atoms with van der Waals surface area (Å²) in [6, 6.07) is 16.5. The van der Waals surface area contributed by atoms with Gasteiger partial charge in [0.15, 0.2) is 10.9 Å². The maximum absolute atomic E-state index is 13.0. The molecule has 2 heterocycles. The van der Waals surface area contributed by atoms with E-state index >= 15 is 0 Å². The van der Waals surface area contributed by atoms with Crippen molar-refractivity contribution in [2.45, 2.75) is 10.9 Å². The summed E-state index contributed by atoms with van der Waals surface area (Å²) in [5, 5.41) is 11.9. The summed E-state index contributed by atoms with van der Waals surface area (Å²) in [4.78, 5) is 21.5. The van der Waals surface area contributed by atoms with E-state index in [1.807, 2.05) is 24.3 Å². The molecule has 0 saturated carbocycles. The quantitative estimate of drug-likeness (QED) is 0.299. The highest BCUT2D eigenvalue weighted by atomic mass is 79.9. The molecular formula is C21H17BrN6O2S. The Balaban J connectivity index is 1.65. The number of hydrogen-bond donors (Lipinski definition) is 1. The molecule has 156 valence electrons. The van der Waals surface area contributed by atoms with Gasteiger partial charge in [0.25, 0.3) is 5.91 Å². The van der Waals surface area contributed by atoms with Crippen molar-refractivity contribution in [3.05, 3.63) is 82.9 Å². The Morgan fingerprint density at radius 2 is 1.90 bits per heavy atom. The summed E-state index contributed by atoms with van der Waals surface area (Å²) < 4.78 is 7.82. The molecule has 0 aliphatic heterocycles. The van der Waals surface area contributed by atoms with Gasteiger partial charge < -0.3 is 10.1 Å². The van der Waals surface area contributed by atoms with Crippen molar-refractivity contribution in [3.63, 3.8) is 0 Å². The molecule has 1 N–H and O–H groups in total. The second kappa shape index (κ2) is 9.71. The summed E-state index contributed by atoms with van der Waals surface area (Å²) in [5.74, 6) is 0.697. The number of thioether (sulfide) groups is 1. The molecule has 4 rings (SSSR count). The van der Waals surface area contributed by atoms with Gasteiger partial charge in [-0.2, -0.15) is 0 Å². The number of methoxy groups -OCH3 is 1. The van der Waals surface area contributed by atoms with E-state index in [-0.39, 0.29) is 11.6 Å². The number of ether oxygens (including phenoxy) is 1. The molecule has 0 bridgehead atoms. The number of carbonyl (C=O) groups excluding carboxylic acids is 1. The molecule has 2 aromatic carbocycles. The molecule has 0 fully saturated rings. The van der Waals surface area contributed by atoms with Crippen LogP contribution < -0.4 is 10.1 Å². The number of hydrogen-bond acceptors (Lipinski definition) is 7. The summed E-state index contributed by atoms with van der Waals surface area (Å²) in [6.07, 6.45) is 3.35. The van der Waals surface area contributed by atoms with Crippen LogP contribution in [0.4, 0.5) is 5.69 Å². The van der Waals surface area contributed by atoms with Gasteiger partial charge in [0, 0.05) is 34.4 Å². The summed E-state index contributed by atoms with van der Waals surface area (Å²) >= 11 is 4.84.